The van der Waals surface area contributed by atoms with Gasteiger partial charge in [0.15, 0.2) is 0 Å². The summed E-state index contributed by atoms with van der Waals surface area (Å²) in [5.41, 5.74) is 0.929. The summed E-state index contributed by atoms with van der Waals surface area (Å²) in [4.78, 5) is 0. The van der Waals surface area contributed by atoms with Crippen LogP contribution in [0.4, 0.5) is 18.9 Å². The van der Waals surface area contributed by atoms with Crippen molar-refractivity contribution in [2.45, 2.75) is 19.3 Å². The van der Waals surface area contributed by atoms with Crippen molar-refractivity contribution in [1.82, 2.24) is 0 Å². The van der Waals surface area contributed by atoms with Crippen LogP contribution in [0.3, 0.4) is 0 Å². The summed E-state index contributed by atoms with van der Waals surface area (Å²) in [7, 11) is 0. The number of hydrogen-bond donors (Lipinski definition) is 2. The summed E-state index contributed by atoms with van der Waals surface area (Å²) in [6.07, 6.45) is -4.40. The Morgan fingerprint density at radius 1 is 1.00 bits per heavy atom. The summed E-state index contributed by atoms with van der Waals surface area (Å²) in [5.74, 6) is 0. The van der Waals surface area contributed by atoms with E-state index >= 15 is 0 Å². The lowest BCUT2D eigenvalue weighted by Crippen LogP contribution is -2.10. The highest BCUT2D eigenvalue weighted by atomic mass is 79.9. The first-order valence-electron chi connectivity index (χ1n) is 6.19. The first kappa shape index (κ1) is 15.9. The van der Waals surface area contributed by atoms with Crippen molar-refractivity contribution in [3.63, 3.8) is 0 Å². The van der Waals surface area contributed by atoms with Gasteiger partial charge in [0.25, 0.3) is 0 Å². The van der Waals surface area contributed by atoms with E-state index in [0.717, 1.165) is 17.2 Å². The van der Waals surface area contributed by atoms with Crippen LogP contribution in [0.25, 0.3) is 0 Å². The summed E-state index contributed by atoms with van der Waals surface area (Å²) in [6, 6.07) is 10.8. The Bertz CT molecular complexity index is 611. The van der Waals surface area contributed by atoms with E-state index in [-0.39, 0.29) is 18.8 Å². The van der Waals surface area contributed by atoms with E-state index in [9.17, 15) is 13.2 Å². The van der Waals surface area contributed by atoms with Gasteiger partial charge in [-0.25, -0.2) is 0 Å². The van der Waals surface area contributed by atoms with Gasteiger partial charge in [0, 0.05) is 16.7 Å². The molecule has 2 nitrogen and oxygen atoms in total. The summed E-state index contributed by atoms with van der Waals surface area (Å²) in [5, 5.41) is 11.7. The van der Waals surface area contributed by atoms with Gasteiger partial charge >= 0.3 is 6.18 Å². The zero-order chi connectivity index (χ0) is 15.5. The molecule has 0 aliphatic carbocycles. The van der Waals surface area contributed by atoms with Crippen molar-refractivity contribution in [3.05, 3.63) is 63.6 Å². The predicted molar refractivity (Wildman–Crippen MR) is 78.8 cm³/mol. The third-order valence-electron chi connectivity index (χ3n) is 2.98. The third-order valence-corrected chi connectivity index (χ3v) is 3.47. The maximum atomic E-state index is 12.9. The lowest BCUT2D eigenvalue weighted by atomic mass is 10.1. The summed E-state index contributed by atoms with van der Waals surface area (Å²) >= 11 is 3.17. The molecule has 0 atom stereocenters. The molecule has 112 valence electrons. The summed E-state index contributed by atoms with van der Waals surface area (Å²) in [6.45, 7) is 0.211. The van der Waals surface area contributed by atoms with Crippen LogP contribution in [0.5, 0.6) is 0 Å². The molecule has 0 spiro atoms. The second-order valence-electron chi connectivity index (χ2n) is 4.52. The zero-order valence-corrected chi connectivity index (χ0v) is 12.5. The molecule has 0 saturated heterocycles. The molecule has 2 aromatic carbocycles. The molecule has 21 heavy (non-hydrogen) atoms. The molecule has 0 unspecified atom stereocenters. The highest BCUT2D eigenvalue weighted by Gasteiger charge is 2.33. The Balaban J connectivity index is 2.17. The average molecular weight is 360 g/mol. The molecule has 0 aromatic heterocycles. The van der Waals surface area contributed by atoms with Crippen LogP contribution in [0.1, 0.15) is 16.7 Å². The smallest absolute Gasteiger partial charge is 0.392 e. The van der Waals surface area contributed by atoms with E-state index < -0.39 is 11.7 Å². The van der Waals surface area contributed by atoms with E-state index in [1.165, 1.54) is 12.1 Å². The minimum atomic E-state index is -4.40. The van der Waals surface area contributed by atoms with Crippen LogP contribution in [0.2, 0.25) is 0 Å². The Labute approximate surface area is 128 Å². The molecule has 0 bridgehead atoms. The van der Waals surface area contributed by atoms with Crippen molar-refractivity contribution < 1.29 is 18.3 Å². The number of anilines is 1. The first-order chi connectivity index (χ1) is 9.90. The highest BCUT2D eigenvalue weighted by Crippen LogP contribution is 2.36. The van der Waals surface area contributed by atoms with Gasteiger partial charge in [0.05, 0.1) is 12.2 Å². The van der Waals surface area contributed by atoms with Crippen LogP contribution in [0, 0.1) is 0 Å². The fourth-order valence-corrected chi connectivity index (χ4v) is 2.23. The maximum absolute atomic E-state index is 12.9. The van der Waals surface area contributed by atoms with Crippen LogP contribution >= 0.6 is 15.9 Å². The molecule has 0 heterocycles. The van der Waals surface area contributed by atoms with Crippen molar-refractivity contribution in [2.24, 2.45) is 0 Å². The molecule has 0 amide bonds. The average Bonchev–Trinajstić information content (AvgIpc) is 2.44. The minimum Gasteiger partial charge on any atom is -0.392 e. The second kappa shape index (κ2) is 6.49. The minimum absolute atomic E-state index is 0.0307. The van der Waals surface area contributed by atoms with Gasteiger partial charge in [0.1, 0.15) is 0 Å². The summed E-state index contributed by atoms with van der Waals surface area (Å²) < 4.78 is 39.3. The Morgan fingerprint density at radius 3 is 2.19 bits per heavy atom. The fourth-order valence-electron chi connectivity index (χ4n) is 1.87. The van der Waals surface area contributed by atoms with Gasteiger partial charge in [-0.2, -0.15) is 13.2 Å². The molecule has 0 saturated carbocycles. The van der Waals surface area contributed by atoms with E-state index in [2.05, 4.69) is 21.2 Å². The van der Waals surface area contributed by atoms with Gasteiger partial charge in [-0.15, -0.1) is 0 Å². The van der Waals surface area contributed by atoms with Gasteiger partial charge in [0.2, 0.25) is 0 Å². The lowest BCUT2D eigenvalue weighted by molar-refractivity contribution is -0.137. The Hall–Kier alpha value is -1.53. The van der Waals surface area contributed by atoms with Gasteiger partial charge in [-0.05, 0) is 29.3 Å². The van der Waals surface area contributed by atoms with E-state index in [0.29, 0.717) is 4.47 Å². The molecule has 6 heteroatoms. The molecule has 2 rings (SSSR count). The fraction of sp³-hybridized carbons (Fsp3) is 0.200. The van der Waals surface area contributed by atoms with Crippen LogP contribution in [-0.4, -0.2) is 5.11 Å². The lowest BCUT2D eigenvalue weighted by Gasteiger charge is -2.15. The number of benzene rings is 2. The number of halogens is 4. The van der Waals surface area contributed by atoms with Crippen LogP contribution in [0.15, 0.2) is 46.9 Å². The van der Waals surface area contributed by atoms with Gasteiger partial charge in [-0.1, -0.05) is 40.2 Å². The van der Waals surface area contributed by atoms with Crippen molar-refractivity contribution in [1.29, 1.82) is 0 Å². The number of aliphatic hydroxyl groups excluding tert-OH is 1. The number of hydrogen-bond acceptors (Lipinski definition) is 2. The van der Waals surface area contributed by atoms with E-state index in [4.69, 9.17) is 5.11 Å². The topological polar surface area (TPSA) is 32.3 Å². The molecule has 0 fully saturated rings. The molecule has 0 aliphatic heterocycles. The normalized spacial score (nSPS) is 11.5. The number of nitrogens with one attached hydrogen (secondary N) is 1. The molecule has 0 aliphatic rings. The van der Waals surface area contributed by atoms with Crippen LogP contribution in [-0.2, 0) is 19.3 Å². The van der Waals surface area contributed by atoms with Crippen LogP contribution < -0.4 is 5.32 Å². The van der Waals surface area contributed by atoms with E-state index in [1.807, 2.05) is 0 Å². The second-order valence-corrected chi connectivity index (χ2v) is 5.43. The third kappa shape index (κ3) is 4.22. The van der Waals surface area contributed by atoms with Gasteiger partial charge < -0.3 is 10.4 Å². The van der Waals surface area contributed by atoms with Gasteiger partial charge in [-0.3, -0.25) is 0 Å². The van der Waals surface area contributed by atoms with Crippen molar-refractivity contribution in [3.8, 4) is 0 Å². The molecular formula is C15H13BrF3NO. The molecule has 2 N–H and O–H groups in total. The Kier molecular flexibility index (Phi) is 4.90. The monoisotopic (exact) mass is 359 g/mol. The largest absolute Gasteiger partial charge is 0.418 e. The Morgan fingerprint density at radius 2 is 1.62 bits per heavy atom. The van der Waals surface area contributed by atoms with Crippen molar-refractivity contribution in [2.75, 3.05) is 5.32 Å². The van der Waals surface area contributed by atoms with E-state index in [1.54, 1.807) is 24.3 Å². The predicted octanol–water partition coefficient (Wildman–Crippen LogP) is 4.57. The number of aliphatic hydroxyl groups is 1. The number of alkyl halides is 3. The SMILES string of the molecule is OCc1ccc(CNc2cc(Br)ccc2C(F)(F)F)cc1. The maximum Gasteiger partial charge on any atom is 0.418 e. The highest BCUT2D eigenvalue weighted by molar-refractivity contribution is 9.10. The quantitative estimate of drug-likeness (QED) is 0.837. The zero-order valence-electron chi connectivity index (χ0n) is 10.9. The standard InChI is InChI=1S/C15H13BrF3NO/c16-12-5-6-13(15(17,18)19)14(7-12)20-8-10-1-3-11(9-21)4-2-10/h1-7,20-21H,8-9H2. The number of rotatable bonds is 4. The molecule has 0 radical (unpaired) electrons. The molecular weight excluding hydrogens is 347 g/mol. The molecule has 2 aromatic rings. The first-order valence-corrected chi connectivity index (χ1v) is 6.99. The van der Waals surface area contributed by atoms with Crippen molar-refractivity contribution >= 4 is 21.6 Å².